The Hall–Kier alpha value is -2.64. The first-order valence-corrected chi connectivity index (χ1v) is 14.4. The number of pyridine rings is 1. The normalized spacial score (nSPS) is 17.5. The summed E-state index contributed by atoms with van der Waals surface area (Å²) in [6.07, 6.45) is 6.68. The predicted octanol–water partition coefficient (Wildman–Crippen LogP) is 4.61. The summed E-state index contributed by atoms with van der Waals surface area (Å²) in [5, 5.41) is 9.83. The first-order valence-electron chi connectivity index (χ1n) is 13.1. The monoisotopic (exact) mass is 544 g/mol. The number of nitrogens with zero attached hydrogens (tertiary/aromatic N) is 4. The van der Waals surface area contributed by atoms with Crippen molar-refractivity contribution in [2.24, 2.45) is 5.92 Å². The van der Waals surface area contributed by atoms with Crippen molar-refractivity contribution >= 4 is 52.1 Å². The number of unbranched alkanes of at least 4 members (excludes halogenated alkanes) is 2. The predicted molar refractivity (Wildman–Crippen MR) is 151 cm³/mol. The van der Waals surface area contributed by atoms with Crippen molar-refractivity contribution in [3.63, 3.8) is 0 Å². The number of hydrogen-bond donors (Lipinski definition) is 0. The van der Waals surface area contributed by atoms with E-state index in [-0.39, 0.29) is 28.9 Å². The summed E-state index contributed by atoms with van der Waals surface area (Å²) >= 11 is 6.78. The molecule has 0 unspecified atom stereocenters. The lowest BCUT2D eigenvalue weighted by atomic mass is 9.95. The van der Waals surface area contributed by atoms with Crippen molar-refractivity contribution in [3.05, 3.63) is 31.9 Å². The topological polar surface area (TPSA) is 95.6 Å². The first-order chi connectivity index (χ1) is 17.8. The lowest BCUT2D eigenvalue weighted by Crippen LogP contribution is -2.41. The minimum absolute atomic E-state index is 0.0864. The molecule has 0 aliphatic carbocycles. The summed E-state index contributed by atoms with van der Waals surface area (Å²) in [7, 11) is 0. The summed E-state index contributed by atoms with van der Waals surface area (Å²) < 4.78 is 7.41. The molecule has 2 aliphatic rings. The third-order valence-corrected chi connectivity index (χ3v) is 8.22. The molecule has 1 amide bonds. The van der Waals surface area contributed by atoms with Gasteiger partial charge in [0.05, 0.1) is 17.4 Å². The zero-order valence-corrected chi connectivity index (χ0v) is 23.8. The number of nitriles is 1. The standard InChI is InChI=1S/C27H36N4O4S2/c1-5-8-9-13-31-25(33)22(37-27(31)36)16-20-18(4)21(17-28)24(32)30(12-6-2)23(20)29-14-10-19(11-15-29)26(34)35-7-3/h16,19H,5-15H2,1-4H3/b22-16-. The number of carbonyl (C=O) groups is 2. The van der Waals surface area contributed by atoms with Crippen molar-refractivity contribution in [1.29, 1.82) is 5.26 Å². The maximum absolute atomic E-state index is 13.4. The van der Waals surface area contributed by atoms with Crippen LogP contribution in [0.25, 0.3) is 6.08 Å². The van der Waals surface area contributed by atoms with Crippen LogP contribution in [0, 0.1) is 24.2 Å². The molecule has 3 heterocycles. The molecular weight excluding hydrogens is 508 g/mol. The molecule has 3 rings (SSSR count). The van der Waals surface area contributed by atoms with Gasteiger partial charge in [0, 0.05) is 31.7 Å². The van der Waals surface area contributed by atoms with Crippen LogP contribution >= 0.6 is 24.0 Å². The van der Waals surface area contributed by atoms with E-state index in [1.54, 1.807) is 29.4 Å². The Morgan fingerprint density at radius 3 is 2.46 bits per heavy atom. The fourth-order valence-corrected chi connectivity index (χ4v) is 6.14. The highest BCUT2D eigenvalue weighted by Gasteiger charge is 2.34. The number of rotatable bonds is 10. The van der Waals surface area contributed by atoms with E-state index in [1.807, 2.05) is 6.92 Å². The van der Waals surface area contributed by atoms with E-state index in [9.17, 15) is 19.6 Å². The molecule has 0 bridgehead atoms. The number of carbonyl (C=O) groups excluding carboxylic acids is 2. The van der Waals surface area contributed by atoms with Gasteiger partial charge < -0.3 is 9.64 Å². The Labute approximate surface area is 228 Å². The molecule has 1 aromatic rings. The van der Waals surface area contributed by atoms with Crippen LogP contribution in [0.2, 0.25) is 0 Å². The molecule has 0 saturated carbocycles. The zero-order valence-electron chi connectivity index (χ0n) is 22.2. The van der Waals surface area contributed by atoms with Crippen molar-refractivity contribution in [2.75, 3.05) is 31.1 Å². The van der Waals surface area contributed by atoms with E-state index >= 15 is 0 Å². The summed E-state index contributed by atoms with van der Waals surface area (Å²) in [4.78, 5) is 43.2. The lowest BCUT2D eigenvalue weighted by molar-refractivity contribution is -0.148. The van der Waals surface area contributed by atoms with Crippen molar-refractivity contribution in [3.8, 4) is 6.07 Å². The van der Waals surface area contributed by atoms with Gasteiger partial charge in [-0.05, 0) is 51.2 Å². The van der Waals surface area contributed by atoms with Crippen LogP contribution in [0.15, 0.2) is 9.70 Å². The molecule has 0 aromatic carbocycles. The maximum atomic E-state index is 13.4. The van der Waals surface area contributed by atoms with Crippen LogP contribution in [0.5, 0.6) is 0 Å². The zero-order chi connectivity index (χ0) is 27.1. The molecule has 200 valence electrons. The number of piperidine rings is 1. The van der Waals surface area contributed by atoms with E-state index in [1.165, 1.54) is 11.8 Å². The van der Waals surface area contributed by atoms with Gasteiger partial charge >= 0.3 is 5.97 Å². The van der Waals surface area contributed by atoms with Gasteiger partial charge in [0.2, 0.25) is 0 Å². The highest BCUT2D eigenvalue weighted by molar-refractivity contribution is 8.26. The molecule has 0 spiro atoms. The first kappa shape index (κ1) is 28.9. The molecular formula is C27H36N4O4S2. The molecule has 2 saturated heterocycles. The number of thioether (sulfide) groups is 1. The Morgan fingerprint density at radius 1 is 1.16 bits per heavy atom. The largest absolute Gasteiger partial charge is 0.466 e. The van der Waals surface area contributed by atoms with Gasteiger partial charge in [-0.15, -0.1) is 0 Å². The van der Waals surface area contributed by atoms with Gasteiger partial charge in [-0.3, -0.25) is 23.9 Å². The van der Waals surface area contributed by atoms with Gasteiger partial charge in [-0.25, -0.2) is 0 Å². The molecule has 37 heavy (non-hydrogen) atoms. The SMILES string of the molecule is CCCCCN1C(=O)/C(=C/c2c(C)c(C#N)c(=O)n(CCC)c2N2CCC(C(=O)OCC)CC2)SC1=S. The average molecular weight is 545 g/mol. The van der Waals surface area contributed by atoms with E-state index in [0.29, 0.717) is 78.2 Å². The number of hydrogen-bond acceptors (Lipinski definition) is 8. The van der Waals surface area contributed by atoms with Gasteiger partial charge in [-0.1, -0.05) is 50.7 Å². The number of aromatic nitrogens is 1. The number of anilines is 1. The van der Waals surface area contributed by atoms with Crippen LogP contribution in [-0.4, -0.2) is 51.9 Å². The second-order valence-corrected chi connectivity index (χ2v) is 11.0. The molecule has 0 radical (unpaired) electrons. The molecule has 0 atom stereocenters. The van der Waals surface area contributed by atoms with Gasteiger partial charge in [-0.2, -0.15) is 5.26 Å². The van der Waals surface area contributed by atoms with Crippen LogP contribution in [0.1, 0.15) is 76.0 Å². The van der Waals surface area contributed by atoms with Crippen LogP contribution in [0.3, 0.4) is 0 Å². The average Bonchev–Trinajstić information content (AvgIpc) is 3.15. The van der Waals surface area contributed by atoms with Crippen LogP contribution in [0.4, 0.5) is 5.82 Å². The molecule has 0 N–H and O–H groups in total. The van der Waals surface area contributed by atoms with E-state index in [2.05, 4.69) is 17.9 Å². The molecule has 2 aliphatic heterocycles. The number of esters is 1. The highest BCUT2D eigenvalue weighted by Crippen LogP contribution is 2.37. The van der Waals surface area contributed by atoms with E-state index in [0.717, 1.165) is 19.3 Å². The Kier molecular flexibility index (Phi) is 10.4. The Balaban J connectivity index is 2.07. The van der Waals surface area contributed by atoms with E-state index < -0.39 is 0 Å². The summed E-state index contributed by atoms with van der Waals surface area (Å²) in [6.45, 7) is 10.2. The molecule has 2 fully saturated rings. The quantitative estimate of drug-likeness (QED) is 0.182. The third-order valence-electron chi connectivity index (χ3n) is 6.84. The second-order valence-electron chi connectivity index (χ2n) is 9.36. The summed E-state index contributed by atoms with van der Waals surface area (Å²) in [5.74, 6) is 0.201. The smallest absolute Gasteiger partial charge is 0.309 e. The van der Waals surface area contributed by atoms with Crippen molar-refractivity contribution in [2.45, 2.75) is 72.8 Å². The highest BCUT2D eigenvalue weighted by atomic mass is 32.2. The number of thiocarbonyl (C=S) groups is 1. The third kappa shape index (κ3) is 6.27. The number of ether oxygens (including phenoxy) is 1. The van der Waals surface area contributed by atoms with Crippen molar-refractivity contribution < 1.29 is 14.3 Å². The Bertz CT molecular complexity index is 1180. The molecule has 8 nitrogen and oxygen atoms in total. The van der Waals surface area contributed by atoms with E-state index in [4.69, 9.17) is 17.0 Å². The minimum atomic E-state index is -0.325. The fraction of sp³-hybridized carbons (Fsp3) is 0.593. The van der Waals surface area contributed by atoms with Crippen LogP contribution < -0.4 is 10.5 Å². The van der Waals surface area contributed by atoms with Crippen molar-refractivity contribution in [1.82, 2.24) is 9.47 Å². The minimum Gasteiger partial charge on any atom is -0.466 e. The summed E-state index contributed by atoms with van der Waals surface area (Å²) in [6, 6.07) is 2.09. The number of amides is 1. The fourth-order valence-electron chi connectivity index (χ4n) is 4.85. The van der Waals surface area contributed by atoms with Gasteiger partial charge in [0.1, 0.15) is 21.8 Å². The molecule has 1 aromatic heterocycles. The van der Waals surface area contributed by atoms with Gasteiger partial charge in [0.15, 0.2) is 0 Å². The molecule has 10 heteroatoms. The maximum Gasteiger partial charge on any atom is 0.309 e. The second kappa shape index (κ2) is 13.2. The van der Waals surface area contributed by atoms with Crippen LogP contribution in [-0.2, 0) is 20.9 Å². The lowest BCUT2D eigenvalue weighted by Gasteiger charge is -2.35. The summed E-state index contributed by atoms with van der Waals surface area (Å²) in [5.41, 5.74) is 1.00. The van der Waals surface area contributed by atoms with Gasteiger partial charge in [0.25, 0.3) is 11.5 Å². The Morgan fingerprint density at radius 2 is 1.86 bits per heavy atom.